The smallest absolute Gasteiger partial charge is 0.164 e. The van der Waals surface area contributed by atoms with Crippen molar-refractivity contribution in [1.82, 2.24) is 19.5 Å². The van der Waals surface area contributed by atoms with Crippen LogP contribution in [0.1, 0.15) is 69.9 Å². The molecule has 186 valence electrons. The normalized spacial score (nSPS) is 12.3. The lowest BCUT2D eigenvalue weighted by Crippen LogP contribution is -2.11. The van der Waals surface area contributed by atoms with Gasteiger partial charge in [-0.1, -0.05) is 65.8 Å². The average molecular weight is 488 g/mol. The van der Waals surface area contributed by atoms with Gasteiger partial charge < -0.3 is 4.57 Å². The van der Waals surface area contributed by atoms with Crippen LogP contribution in [0.3, 0.4) is 0 Å². The molecule has 5 rings (SSSR count). The number of aryl methyl sites for hydroxylation is 2. The fraction of sp³-hybridized carbons (Fsp3) is 0.312. The third kappa shape index (κ3) is 4.38. The zero-order valence-electron chi connectivity index (χ0n) is 22.9. The molecule has 0 aliphatic rings. The summed E-state index contributed by atoms with van der Waals surface area (Å²) >= 11 is 0. The van der Waals surface area contributed by atoms with Crippen LogP contribution in [0.4, 0.5) is 0 Å². The van der Waals surface area contributed by atoms with Gasteiger partial charge in [-0.25, -0.2) is 15.0 Å². The molecule has 0 saturated carbocycles. The molecule has 2 aromatic heterocycles. The van der Waals surface area contributed by atoms with Crippen molar-refractivity contribution in [3.05, 3.63) is 82.9 Å². The third-order valence-electron chi connectivity index (χ3n) is 6.98. The molecule has 0 unspecified atom stereocenters. The van der Waals surface area contributed by atoms with Gasteiger partial charge >= 0.3 is 0 Å². The number of benzene rings is 3. The summed E-state index contributed by atoms with van der Waals surface area (Å²) in [6.45, 7) is 17.1. The number of hydrogen-bond acceptors (Lipinski definition) is 4. The summed E-state index contributed by atoms with van der Waals surface area (Å²) in [6, 6.07) is 21.8. The van der Waals surface area contributed by atoms with Crippen LogP contribution in [0.2, 0.25) is 0 Å². The minimum Gasteiger partial charge on any atom is -0.309 e. The molecule has 5 aromatic rings. The molecule has 2 heterocycles. The molecule has 5 nitrogen and oxygen atoms in total. The maximum absolute atomic E-state index is 9.91. The van der Waals surface area contributed by atoms with E-state index in [1.54, 1.807) is 0 Å². The minimum absolute atomic E-state index is 0.0157. The summed E-state index contributed by atoms with van der Waals surface area (Å²) in [7, 11) is 0. The van der Waals surface area contributed by atoms with Gasteiger partial charge in [-0.2, -0.15) is 5.26 Å². The van der Waals surface area contributed by atoms with Gasteiger partial charge in [0.15, 0.2) is 5.82 Å². The lowest BCUT2D eigenvalue weighted by atomic mass is 9.86. The van der Waals surface area contributed by atoms with E-state index in [-0.39, 0.29) is 10.8 Å². The molecular formula is C32H33N5. The van der Waals surface area contributed by atoms with Gasteiger partial charge in [0.25, 0.3) is 0 Å². The van der Waals surface area contributed by atoms with Crippen LogP contribution in [0.25, 0.3) is 38.9 Å². The monoisotopic (exact) mass is 487 g/mol. The molecule has 0 spiro atoms. The number of fused-ring (bicyclic) bond motifs is 3. The highest BCUT2D eigenvalue weighted by atomic mass is 15.0. The van der Waals surface area contributed by atoms with Gasteiger partial charge in [0.05, 0.1) is 22.7 Å². The molecule has 0 saturated heterocycles. The topological polar surface area (TPSA) is 67.4 Å². The molecule has 0 aliphatic carbocycles. The largest absolute Gasteiger partial charge is 0.309 e. The highest BCUT2D eigenvalue weighted by Gasteiger charge is 2.21. The van der Waals surface area contributed by atoms with Crippen LogP contribution >= 0.6 is 0 Å². The quantitative estimate of drug-likeness (QED) is 0.256. The highest BCUT2D eigenvalue weighted by molar-refractivity contribution is 6.09. The van der Waals surface area contributed by atoms with Crippen molar-refractivity contribution < 1.29 is 0 Å². The van der Waals surface area contributed by atoms with Gasteiger partial charge in [-0.15, -0.1) is 0 Å². The van der Waals surface area contributed by atoms with Crippen molar-refractivity contribution in [2.24, 2.45) is 0 Å². The molecule has 0 amide bonds. The van der Waals surface area contributed by atoms with Crippen molar-refractivity contribution >= 4 is 21.8 Å². The van der Waals surface area contributed by atoms with Crippen LogP contribution in [-0.2, 0) is 10.8 Å². The fourth-order valence-electron chi connectivity index (χ4n) is 4.92. The summed E-state index contributed by atoms with van der Waals surface area (Å²) in [6.07, 6.45) is 0. The number of nitrogens with zero attached hydrogens (tertiary/aromatic N) is 5. The zero-order valence-corrected chi connectivity index (χ0v) is 22.9. The molecule has 0 aliphatic heterocycles. The van der Waals surface area contributed by atoms with E-state index in [4.69, 9.17) is 0 Å². The lowest BCUT2D eigenvalue weighted by Gasteiger charge is -2.20. The second-order valence-electron chi connectivity index (χ2n) is 11.9. The molecule has 37 heavy (non-hydrogen) atoms. The van der Waals surface area contributed by atoms with Crippen molar-refractivity contribution in [2.75, 3.05) is 0 Å². The standard InChI is InChI=1S/C32H33N5/c1-19-34-20(2)36-30(35-19)27-17-24(12-9-21(27)18-33)37-28-15-22(31(3,4)5)10-13-25(28)26-14-11-23(16-29(26)37)32(6,7)8/h9-17H,1-8H3. The van der Waals surface area contributed by atoms with E-state index in [9.17, 15) is 5.26 Å². The first kappa shape index (κ1) is 24.6. The maximum Gasteiger partial charge on any atom is 0.164 e. The number of nitriles is 1. The average Bonchev–Trinajstić information content (AvgIpc) is 3.15. The van der Waals surface area contributed by atoms with E-state index in [2.05, 4.69) is 104 Å². The van der Waals surface area contributed by atoms with Crippen molar-refractivity contribution in [2.45, 2.75) is 66.2 Å². The van der Waals surface area contributed by atoms with Crippen LogP contribution in [-0.4, -0.2) is 19.5 Å². The number of aromatic nitrogens is 4. The van der Waals surface area contributed by atoms with Crippen molar-refractivity contribution in [3.63, 3.8) is 0 Å². The SMILES string of the molecule is Cc1nc(C)nc(-c2cc(-n3c4cc(C(C)(C)C)ccc4c4ccc(C(C)(C)C)cc43)ccc2C#N)n1. The van der Waals surface area contributed by atoms with Crippen LogP contribution in [0.15, 0.2) is 54.6 Å². The Morgan fingerprint density at radius 1 is 0.676 bits per heavy atom. The first-order valence-corrected chi connectivity index (χ1v) is 12.7. The first-order chi connectivity index (χ1) is 17.4. The lowest BCUT2D eigenvalue weighted by molar-refractivity contribution is 0.591. The molecule has 3 aromatic carbocycles. The molecule has 0 atom stereocenters. The Labute approximate surface area is 218 Å². The molecular weight excluding hydrogens is 454 g/mol. The fourth-order valence-corrected chi connectivity index (χ4v) is 4.92. The Morgan fingerprint density at radius 2 is 1.19 bits per heavy atom. The summed E-state index contributed by atoms with van der Waals surface area (Å²) in [5.74, 6) is 1.80. The van der Waals surface area contributed by atoms with Crippen LogP contribution in [0.5, 0.6) is 0 Å². The second kappa shape index (κ2) is 8.52. The Balaban J connectivity index is 1.88. The third-order valence-corrected chi connectivity index (χ3v) is 6.98. The van der Waals surface area contributed by atoms with E-state index in [0.29, 0.717) is 28.6 Å². The van der Waals surface area contributed by atoms with Crippen molar-refractivity contribution in [3.8, 4) is 23.1 Å². The van der Waals surface area contributed by atoms with Gasteiger partial charge in [0.1, 0.15) is 11.6 Å². The second-order valence-corrected chi connectivity index (χ2v) is 11.9. The number of hydrogen-bond donors (Lipinski definition) is 0. The van der Waals surface area contributed by atoms with E-state index >= 15 is 0 Å². The van der Waals surface area contributed by atoms with Gasteiger partial charge in [0, 0.05) is 22.0 Å². The minimum atomic E-state index is 0.0157. The Bertz CT molecular complexity index is 1630. The summed E-state index contributed by atoms with van der Waals surface area (Å²) in [4.78, 5) is 13.5. The van der Waals surface area contributed by atoms with E-state index in [0.717, 1.165) is 16.7 Å². The van der Waals surface area contributed by atoms with Gasteiger partial charge in [-0.05, 0) is 66.1 Å². The van der Waals surface area contributed by atoms with Crippen molar-refractivity contribution in [1.29, 1.82) is 5.26 Å². The zero-order chi connectivity index (χ0) is 26.7. The molecule has 0 fully saturated rings. The molecule has 5 heteroatoms. The summed E-state index contributed by atoms with van der Waals surface area (Å²) in [5, 5.41) is 12.3. The predicted molar refractivity (Wildman–Crippen MR) is 151 cm³/mol. The van der Waals surface area contributed by atoms with E-state index in [1.165, 1.54) is 21.9 Å². The van der Waals surface area contributed by atoms with Gasteiger partial charge in [0.2, 0.25) is 0 Å². The van der Waals surface area contributed by atoms with Crippen LogP contribution < -0.4 is 0 Å². The first-order valence-electron chi connectivity index (χ1n) is 12.7. The molecule has 0 bridgehead atoms. The Kier molecular flexibility index (Phi) is 5.68. The maximum atomic E-state index is 9.91. The Morgan fingerprint density at radius 3 is 1.65 bits per heavy atom. The molecule has 0 radical (unpaired) electrons. The summed E-state index contributed by atoms with van der Waals surface area (Å²) < 4.78 is 2.32. The van der Waals surface area contributed by atoms with Crippen LogP contribution in [0, 0.1) is 25.2 Å². The van der Waals surface area contributed by atoms with E-state index < -0.39 is 0 Å². The van der Waals surface area contributed by atoms with Gasteiger partial charge in [-0.3, -0.25) is 0 Å². The highest BCUT2D eigenvalue weighted by Crippen LogP contribution is 2.38. The Hall–Kier alpha value is -4.04. The van der Waals surface area contributed by atoms with E-state index in [1.807, 2.05) is 32.0 Å². The summed E-state index contributed by atoms with van der Waals surface area (Å²) in [5.41, 5.74) is 7.10. The predicted octanol–water partition coefficient (Wildman–Crippen LogP) is 7.72. The molecule has 0 N–H and O–H groups in total. The number of rotatable bonds is 2.